The highest BCUT2D eigenvalue weighted by Gasteiger charge is 2.21. The van der Waals surface area contributed by atoms with E-state index in [4.69, 9.17) is 0 Å². The number of benzene rings is 1. The highest BCUT2D eigenvalue weighted by Crippen LogP contribution is 2.13. The van der Waals surface area contributed by atoms with Crippen molar-refractivity contribution in [3.05, 3.63) is 60.0 Å². The molecule has 2 N–H and O–H groups in total. The van der Waals surface area contributed by atoms with Crippen LogP contribution in [-0.4, -0.2) is 61.0 Å². The SMILES string of the molecule is CCNC(=NCc1cccc(F)c1)NCCC(=O)N1CCN(c2ccccn2)CC1. The number of aliphatic imine (C=N–C) groups is 1. The van der Waals surface area contributed by atoms with Crippen molar-refractivity contribution in [3.63, 3.8) is 0 Å². The molecular weight excluding hydrogens is 383 g/mol. The molecule has 30 heavy (non-hydrogen) atoms. The van der Waals surface area contributed by atoms with E-state index >= 15 is 0 Å². The van der Waals surface area contributed by atoms with Gasteiger partial charge in [0.2, 0.25) is 5.91 Å². The van der Waals surface area contributed by atoms with E-state index in [-0.39, 0.29) is 11.7 Å². The molecule has 0 spiro atoms. The average molecular weight is 413 g/mol. The molecule has 1 aromatic heterocycles. The van der Waals surface area contributed by atoms with Crippen LogP contribution < -0.4 is 15.5 Å². The molecule has 2 heterocycles. The number of aromatic nitrogens is 1. The first-order chi connectivity index (χ1) is 14.7. The maximum atomic E-state index is 13.3. The van der Waals surface area contributed by atoms with Crippen LogP contribution in [0.25, 0.3) is 0 Å². The average Bonchev–Trinajstić information content (AvgIpc) is 2.78. The van der Waals surface area contributed by atoms with Gasteiger partial charge in [0.1, 0.15) is 11.6 Å². The second kappa shape index (κ2) is 11.1. The molecular formula is C22H29FN6O. The summed E-state index contributed by atoms with van der Waals surface area (Å²) in [5, 5.41) is 6.34. The Bertz CT molecular complexity index is 837. The van der Waals surface area contributed by atoms with Crippen molar-refractivity contribution in [1.29, 1.82) is 0 Å². The molecule has 1 aromatic carbocycles. The number of nitrogens with one attached hydrogen (secondary N) is 2. The predicted molar refractivity (Wildman–Crippen MR) is 117 cm³/mol. The Balaban J connectivity index is 1.42. The van der Waals surface area contributed by atoms with Gasteiger partial charge >= 0.3 is 0 Å². The lowest BCUT2D eigenvalue weighted by Gasteiger charge is -2.35. The smallest absolute Gasteiger partial charge is 0.224 e. The summed E-state index contributed by atoms with van der Waals surface area (Å²) in [6.45, 7) is 6.52. The van der Waals surface area contributed by atoms with Crippen molar-refractivity contribution in [1.82, 2.24) is 20.5 Å². The summed E-state index contributed by atoms with van der Waals surface area (Å²) in [6.07, 6.45) is 2.18. The van der Waals surface area contributed by atoms with E-state index < -0.39 is 0 Å². The Morgan fingerprint density at radius 1 is 1.13 bits per heavy atom. The van der Waals surface area contributed by atoms with Crippen molar-refractivity contribution in [3.8, 4) is 0 Å². The molecule has 2 aromatic rings. The quantitative estimate of drug-likeness (QED) is 0.538. The van der Waals surface area contributed by atoms with Crippen LogP contribution in [0.2, 0.25) is 0 Å². The molecule has 0 saturated carbocycles. The van der Waals surface area contributed by atoms with Crippen LogP contribution in [0.5, 0.6) is 0 Å². The Hall–Kier alpha value is -3.16. The number of rotatable bonds is 7. The van der Waals surface area contributed by atoms with Crippen molar-refractivity contribution in [2.75, 3.05) is 44.2 Å². The molecule has 1 fully saturated rings. The molecule has 1 saturated heterocycles. The molecule has 0 aliphatic carbocycles. The lowest BCUT2D eigenvalue weighted by atomic mass is 10.2. The Kier molecular flexibility index (Phi) is 8.00. The number of piperazine rings is 1. The molecule has 7 nitrogen and oxygen atoms in total. The van der Waals surface area contributed by atoms with E-state index in [1.165, 1.54) is 12.1 Å². The second-order valence-corrected chi connectivity index (χ2v) is 7.06. The van der Waals surface area contributed by atoms with E-state index in [0.717, 1.165) is 24.5 Å². The summed E-state index contributed by atoms with van der Waals surface area (Å²) in [5.41, 5.74) is 0.800. The van der Waals surface area contributed by atoms with Crippen LogP contribution in [0, 0.1) is 5.82 Å². The van der Waals surface area contributed by atoms with E-state index in [2.05, 4.69) is 25.5 Å². The van der Waals surface area contributed by atoms with Gasteiger partial charge < -0.3 is 20.4 Å². The normalized spacial score (nSPS) is 14.5. The zero-order valence-corrected chi connectivity index (χ0v) is 17.4. The first-order valence-electron chi connectivity index (χ1n) is 10.4. The topological polar surface area (TPSA) is 72.9 Å². The number of nitrogens with zero attached hydrogens (tertiary/aromatic N) is 4. The van der Waals surface area contributed by atoms with Gasteiger partial charge in [-0.15, -0.1) is 0 Å². The fraction of sp³-hybridized carbons (Fsp3) is 0.409. The number of pyridine rings is 1. The molecule has 1 aliphatic rings. The molecule has 0 radical (unpaired) electrons. The molecule has 0 bridgehead atoms. The second-order valence-electron chi connectivity index (χ2n) is 7.06. The van der Waals surface area contributed by atoms with Crippen LogP contribution >= 0.6 is 0 Å². The van der Waals surface area contributed by atoms with Gasteiger partial charge in [0.25, 0.3) is 0 Å². The zero-order valence-electron chi connectivity index (χ0n) is 17.4. The van der Waals surface area contributed by atoms with E-state index in [9.17, 15) is 9.18 Å². The van der Waals surface area contributed by atoms with Gasteiger partial charge in [-0.25, -0.2) is 14.4 Å². The number of carbonyl (C=O) groups is 1. The minimum atomic E-state index is -0.269. The van der Waals surface area contributed by atoms with Gasteiger partial charge in [-0.2, -0.15) is 0 Å². The Morgan fingerprint density at radius 2 is 1.97 bits per heavy atom. The van der Waals surface area contributed by atoms with Crippen molar-refractivity contribution in [2.24, 2.45) is 4.99 Å². The first kappa shape index (κ1) is 21.5. The van der Waals surface area contributed by atoms with Crippen LogP contribution in [0.1, 0.15) is 18.9 Å². The van der Waals surface area contributed by atoms with E-state index in [1.54, 1.807) is 12.3 Å². The fourth-order valence-electron chi connectivity index (χ4n) is 3.32. The van der Waals surface area contributed by atoms with Crippen molar-refractivity contribution >= 4 is 17.7 Å². The van der Waals surface area contributed by atoms with Crippen LogP contribution in [0.15, 0.2) is 53.7 Å². The third kappa shape index (κ3) is 6.43. The van der Waals surface area contributed by atoms with Gasteiger partial charge in [0.05, 0.1) is 6.54 Å². The van der Waals surface area contributed by atoms with E-state index in [0.29, 0.717) is 45.1 Å². The molecule has 0 atom stereocenters. The molecule has 8 heteroatoms. The van der Waals surface area contributed by atoms with Gasteiger partial charge in [-0.1, -0.05) is 18.2 Å². The number of guanidine groups is 1. The minimum absolute atomic E-state index is 0.129. The number of hydrogen-bond acceptors (Lipinski definition) is 4. The van der Waals surface area contributed by atoms with Crippen molar-refractivity contribution < 1.29 is 9.18 Å². The third-order valence-electron chi connectivity index (χ3n) is 4.89. The Morgan fingerprint density at radius 3 is 2.67 bits per heavy atom. The van der Waals surface area contributed by atoms with Crippen LogP contribution in [0.3, 0.4) is 0 Å². The summed E-state index contributed by atoms with van der Waals surface area (Å²) in [4.78, 5) is 25.5. The lowest BCUT2D eigenvalue weighted by molar-refractivity contribution is -0.131. The number of anilines is 1. The molecule has 1 aliphatic heterocycles. The summed E-state index contributed by atoms with van der Waals surface area (Å²) in [6, 6.07) is 12.3. The van der Waals surface area contributed by atoms with Gasteiger partial charge in [-0.3, -0.25) is 4.79 Å². The maximum Gasteiger partial charge on any atom is 0.224 e. The first-order valence-corrected chi connectivity index (χ1v) is 10.4. The molecule has 0 unspecified atom stereocenters. The number of amides is 1. The van der Waals surface area contributed by atoms with Crippen LogP contribution in [-0.2, 0) is 11.3 Å². The highest BCUT2D eigenvalue weighted by molar-refractivity contribution is 5.81. The van der Waals surface area contributed by atoms with Gasteiger partial charge in [0, 0.05) is 51.9 Å². The minimum Gasteiger partial charge on any atom is -0.357 e. The lowest BCUT2D eigenvalue weighted by Crippen LogP contribution is -2.49. The summed E-state index contributed by atoms with van der Waals surface area (Å²) >= 11 is 0. The fourth-order valence-corrected chi connectivity index (χ4v) is 3.32. The summed E-state index contributed by atoms with van der Waals surface area (Å²) < 4.78 is 13.3. The van der Waals surface area contributed by atoms with Gasteiger partial charge in [0.15, 0.2) is 5.96 Å². The number of halogens is 1. The molecule has 1 amide bonds. The number of hydrogen-bond donors (Lipinski definition) is 2. The predicted octanol–water partition coefficient (Wildman–Crippen LogP) is 2.01. The maximum absolute atomic E-state index is 13.3. The van der Waals surface area contributed by atoms with Gasteiger partial charge in [-0.05, 0) is 36.8 Å². The highest BCUT2D eigenvalue weighted by atomic mass is 19.1. The summed E-state index contributed by atoms with van der Waals surface area (Å²) in [7, 11) is 0. The van der Waals surface area contributed by atoms with E-state index in [1.807, 2.05) is 36.1 Å². The summed E-state index contributed by atoms with van der Waals surface area (Å²) in [5.74, 6) is 1.43. The zero-order chi connectivity index (χ0) is 21.2. The molecule has 3 rings (SSSR count). The largest absolute Gasteiger partial charge is 0.357 e. The standard InChI is InChI=1S/C22H29FN6O/c1-2-24-22(27-17-18-6-5-7-19(23)16-18)26-11-9-21(30)29-14-12-28(13-15-29)20-8-3-4-10-25-20/h3-8,10,16H,2,9,11-15,17H2,1H3,(H2,24,26,27). The number of carbonyl (C=O) groups excluding carboxylic acids is 1. The molecule has 160 valence electrons. The Labute approximate surface area is 177 Å². The monoisotopic (exact) mass is 412 g/mol. The van der Waals surface area contributed by atoms with Crippen molar-refractivity contribution in [2.45, 2.75) is 19.9 Å². The third-order valence-corrected chi connectivity index (χ3v) is 4.89. The van der Waals surface area contributed by atoms with Crippen LogP contribution in [0.4, 0.5) is 10.2 Å².